The van der Waals surface area contributed by atoms with Gasteiger partial charge in [-0.2, -0.15) is 0 Å². The first-order valence-electron chi connectivity index (χ1n) is 12.9. The van der Waals surface area contributed by atoms with Gasteiger partial charge in [-0.15, -0.1) is 0 Å². The van der Waals surface area contributed by atoms with Crippen LogP contribution in [0.4, 0.5) is 0 Å². The van der Waals surface area contributed by atoms with Crippen molar-refractivity contribution in [2.24, 2.45) is 0 Å². The van der Waals surface area contributed by atoms with Crippen LogP contribution in [0, 0.1) is 0 Å². The van der Waals surface area contributed by atoms with E-state index in [1.54, 1.807) is 5.57 Å². The lowest BCUT2D eigenvalue weighted by Gasteiger charge is -2.42. The van der Waals surface area contributed by atoms with Gasteiger partial charge in [-0.05, 0) is 68.3 Å². The zero-order valence-electron chi connectivity index (χ0n) is 22.7. The lowest BCUT2D eigenvalue weighted by molar-refractivity contribution is 0.338. The fraction of sp³-hybridized carbons (Fsp3) is 0.438. The van der Waals surface area contributed by atoms with Crippen LogP contribution in [0.5, 0.6) is 0 Å². The van der Waals surface area contributed by atoms with Gasteiger partial charge in [-0.1, -0.05) is 123 Å². The van der Waals surface area contributed by atoms with Crippen LogP contribution in [0.1, 0.15) is 80.6 Å². The Bertz CT molecular complexity index is 902. The fourth-order valence-electron chi connectivity index (χ4n) is 4.65. The van der Waals surface area contributed by atoms with Crippen LogP contribution in [0.3, 0.4) is 0 Å². The molecular formula is C32H46OSi. The Labute approximate surface area is 210 Å². The summed E-state index contributed by atoms with van der Waals surface area (Å²) in [6.45, 7) is 16.5. The van der Waals surface area contributed by atoms with Gasteiger partial charge in [0.2, 0.25) is 0 Å². The smallest absolute Gasteiger partial charge is 0.261 e. The monoisotopic (exact) mass is 474 g/mol. The Morgan fingerprint density at radius 3 is 1.76 bits per heavy atom. The Morgan fingerprint density at radius 1 is 0.765 bits per heavy atom. The van der Waals surface area contributed by atoms with Crippen molar-refractivity contribution in [2.75, 3.05) is 6.61 Å². The maximum absolute atomic E-state index is 7.00. The van der Waals surface area contributed by atoms with Crippen molar-refractivity contribution >= 4 is 18.7 Å². The van der Waals surface area contributed by atoms with Crippen LogP contribution in [0.15, 0.2) is 95.6 Å². The van der Waals surface area contributed by atoms with Crippen LogP contribution in [-0.2, 0) is 4.43 Å². The molecule has 0 bridgehead atoms. The maximum Gasteiger partial charge on any atom is 0.261 e. The lowest BCUT2D eigenvalue weighted by Crippen LogP contribution is -2.66. The minimum atomic E-state index is -2.46. The van der Waals surface area contributed by atoms with Crippen LogP contribution in [-0.4, -0.2) is 14.9 Å². The van der Waals surface area contributed by atoms with E-state index >= 15 is 0 Å². The molecule has 0 saturated carbocycles. The highest BCUT2D eigenvalue weighted by molar-refractivity contribution is 6.99. The molecule has 34 heavy (non-hydrogen) atoms. The molecule has 2 aromatic rings. The molecule has 0 amide bonds. The summed E-state index contributed by atoms with van der Waals surface area (Å²) in [7, 11) is -2.46. The number of benzene rings is 2. The van der Waals surface area contributed by atoms with Gasteiger partial charge in [0.15, 0.2) is 0 Å². The molecule has 0 fully saturated rings. The largest absolute Gasteiger partial charge is 0.404 e. The third kappa shape index (κ3) is 7.96. The summed E-state index contributed by atoms with van der Waals surface area (Å²) in [5, 5.41) is 2.69. The van der Waals surface area contributed by atoms with Crippen LogP contribution >= 0.6 is 0 Å². The molecule has 0 spiro atoms. The van der Waals surface area contributed by atoms with Crippen molar-refractivity contribution in [3.8, 4) is 0 Å². The van der Waals surface area contributed by atoms with Crippen LogP contribution in [0.25, 0.3) is 0 Å². The second-order valence-corrected chi connectivity index (χ2v) is 14.9. The first-order chi connectivity index (χ1) is 16.2. The predicted molar refractivity (Wildman–Crippen MR) is 154 cm³/mol. The van der Waals surface area contributed by atoms with Gasteiger partial charge >= 0.3 is 0 Å². The number of hydrogen-bond acceptors (Lipinski definition) is 1. The van der Waals surface area contributed by atoms with Gasteiger partial charge < -0.3 is 4.43 Å². The molecule has 1 nitrogen and oxygen atoms in total. The van der Waals surface area contributed by atoms with Crippen molar-refractivity contribution < 1.29 is 4.43 Å². The average molecular weight is 475 g/mol. The standard InChI is InChI=1S/C32H46OSi/c1-8-29(19-15-17-27(2)3)20-16-18-28(4)25-26-33-34(32(5,6)7,30-21-11-9-12-22-30)31-23-13-10-14-24-31/h9-14,17,20-25H,8,15-16,18-19,26H2,1-7H3/b28-25+,29-20+. The van der Waals surface area contributed by atoms with E-state index in [1.807, 2.05) is 0 Å². The van der Waals surface area contributed by atoms with E-state index in [-0.39, 0.29) is 5.04 Å². The molecule has 0 unspecified atom stereocenters. The number of allylic oxidation sites excluding steroid dienone is 5. The van der Waals surface area contributed by atoms with E-state index in [4.69, 9.17) is 4.43 Å². The molecule has 0 radical (unpaired) electrons. The molecule has 0 atom stereocenters. The van der Waals surface area contributed by atoms with Crippen molar-refractivity contribution in [1.29, 1.82) is 0 Å². The number of rotatable bonds is 12. The SMILES string of the molecule is CC/C(=C\CC/C(C)=C/CO[Si](c1ccccc1)(c1ccccc1)C(C)(C)C)CCC=C(C)C. The van der Waals surface area contributed by atoms with Crippen molar-refractivity contribution in [2.45, 2.75) is 85.6 Å². The summed E-state index contributed by atoms with van der Waals surface area (Å²) in [5.74, 6) is 0. The van der Waals surface area contributed by atoms with Crippen molar-refractivity contribution in [1.82, 2.24) is 0 Å². The molecule has 0 aromatic heterocycles. The summed E-state index contributed by atoms with van der Waals surface area (Å²) in [6, 6.07) is 21.8. The first kappa shape index (κ1) is 28.1. The summed E-state index contributed by atoms with van der Waals surface area (Å²) in [6.07, 6.45) is 12.8. The van der Waals surface area contributed by atoms with E-state index in [0.717, 1.165) is 25.7 Å². The predicted octanol–water partition coefficient (Wildman–Crippen LogP) is 8.37. The highest BCUT2D eigenvalue weighted by atomic mass is 28.4. The van der Waals surface area contributed by atoms with Gasteiger partial charge in [0.25, 0.3) is 8.32 Å². The van der Waals surface area contributed by atoms with Gasteiger partial charge in [0.05, 0.1) is 6.61 Å². The summed E-state index contributed by atoms with van der Waals surface area (Å²) in [4.78, 5) is 0. The highest BCUT2D eigenvalue weighted by Crippen LogP contribution is 2.36. The Kier molecular flexibility index (Phi) is 11.3. The molecule has 184 valence electrons. The summed E-state index contributed by atoms with van der Waals surface area (Å²) in [5.41, 5.74) is 4.40. The third-order valence-electron chi connectivity index (χ3n) is 6.59. The fourth-order valence-corrected chi connectivity index (χ4v) is 9.13. The topological polar surface area (TPSA) is 9.23 Å². The minimum Gasteiger partial charge on any atom is -0.404 e. The number of hydrogen-bond donors (Lipinski definition) is 0. The van der Waals surface area contributed by atoms with Gasteiger partial charge in [-0.3, -0.25) is 0 Å². The van der Waals surface area contributed by atoms with E-state index in [9.17, 15) is 0 Å². The molecule has 2 heteroatoms. The average Bonchev–Trinajstić information content (AvgIpc) is 2.81. The quantitative estimate of drug-likeness (QED) is 0.222. The molecular weight excluding hydrogens is 428 g/mol. The second kappa shape index (κ2) is 13.7. The molecule has 0 aliphatic heterocycles. The normalized spacial score (nSPS) is 13.1. The minimum absolute atomic E-state index is 0.0154. The first-order valence-corrected chi connectivity index (χ1v) is 14.8. The van der Waals surface area contributed by atoms with Gasteiger partial charge in [0, 0.05) is 0 Å². The van der Waals surface area contributed by atoms with E-state index in [1.165, 1.54) is 27.9 Å². The zero-order chi connectivity index (χ0) is 25.0. The molecule has 0 heterocycles. The van der Waals surface area contributed by atoms with E-state index < -0.39 is 8.32 Å². The highest BCUT2D eigenvalue weighted by Gasteiger charge is 2.49. The lowest BCUT2D eigenvalue weighted by atomic mass is 10.0. The van der Waals surface area contributed by atoms with Gasteiger partial charge in [0.1, 0.15) is 0 Å². The molecule has 2 rings (SSSR count). The molecule has 0 saturated heterocycles. The summed E-state index contributed by atoms with van der Waals surface area (Å²) < 4.78 is 7.00. The zero-order valence-corrected chi connectivity index (χ0v) is 23.7. The third-order valence-corrected chi connectivity index (χ3v) is 11.6. The van der Waals surface area contributed by atoms with Crippen molar-refractivity contribution in [3.63, 3.8) is 0 Å². The Morgan fingerprint density at radius 2 is 1.29 bits per heavy atom. The molecule has 0 aliphatic carbocycles. The second-order valence-electron chi connectivity index (χ2n) is 10.6. The van der Waals surface area contributed by atoms with Crippen molar-refractivity contribution in [3.05, 3.63) is 95.6 Å². The Hall–Kier alpha value is -2.16. The molecule has 0 aliphatic rings. The molecule has 2 aromatic carbocycles. The summed E-state index contributed by atoms with van der Waals surface area (Å²) >= 11 is 0. The Balaban J connectivity index is 2.15. The van der Waals surface area contributed by atoms with E-state index in [0.29, 0.717) is 6.61 Å². The van der Waals surface area contributed by atoms with Crippen LogP contribution < -0.4 is 10.4 Å². The van der Waals surface area contributed by atoms with Gasteiger partial charge in [-0.25, -0.2) is 0 Å². The van der Waals surface area contributed by atoms with E-state index in [2.05, 4.69) is 127 Å². The maximum atomic E-state index is 7.00. The van der Waals surface area contributed by atoms with Crippen LogP contribution in [0.2, 0.25) is 5.04 Å². The molecule has 0 N–H and O–H groups in total.